The van der Waals surface area contributed by atoms with Crippen molar-refractivity contribution in [3.63, 3.8) is 0 Å². The Kier molecular flexibility index (Phi) is 4.74. The predicted octanol–water partition coefficient (Wildman–Crippen LogP) is 1.37. The molecule has 0 aliphatic heterocycles. The Morgan fingerprint density at radius 2 is 2.32 bits per heavy atom. The summed E-state index contributed by atoms with van der Waals surface area (Å²) in [5, 5.41) is 12.7. The van der Waals surface area contributed by atoms with Gasteiger partial charge in [-0.05, 0) is 24.8 Å². The molecule has 2 rings (SSSR count). The van der Waals surface area contributed by atoms with Gasteiger partial charge in [0.05, 0.1) is 13.2 Å². The van der Waals surface area contributed by atoms with Crippen LogP contribution in [0.1, 0.15) is 36.2 Å². The van der Waals surface area contributed by atoms with Gasteiger partial charge in [-0.3, -0.25) is 9.78 Å². The minimum atomic E-state index is -0.461. The number of methoxy groups -OCH3 is 1. The van der Waals surface area contributed by atoms with E-state index in [9.17, 15) is 9.90 Å². The highest BCUT2D eigenvalue weighted by Gasteiger charge is 2.23. The van der Waals surface area contributed by atoms with E-state index < -0.39 is 6.10 Å². The number of ether oxygens (including phenoxy) is 1. The number of aliphatic hydroxyl groups is 1. The van der Waals surface area contributed by atoms with Crippen LogP contribution in [-0.4, -0.2) is 35.8 Å². The molecular formula is C14H20N2O3. The predicted molar refractivity (Wildman–Crippen MR) is 71.1 cm³/mol. The molecule has 1 aromatic heterocycles. The summed E-state index contributed by atoms with van der Waals surface area (Å²) in [6.45, 7) is 0.280. The van der Waals surface area contributed by atoms with Crippen LogP contribution >= 0.6 is 0 Å². The van der Waals surface area contributed by atoms with Gasteiger partial charge in [-0.15, -0.1) is 0 Å². The topological polar surface area (TPSA) is 71.5 Å². The van der Waals surface area contributed by atoms with Crippen molar-refractivity contribution in [3.05, 3.63) is 24.0 Å². The van der Waals surface area contributed by atoms with Crippen LogP contribution in [0.3, 0.4) is 0 Å². The number of aromatic nitrogens is 1. The number of hydrogen-bond acceptors (Lipinski definition) is 4. The van der Waals surface area contributed by atoms with Crippen LogP contribution in [0, 0.1) is 5.92 Å². The van der Waals surface area contributed by atoms with E-state index in [1.807, 2.05) is 0 Å². The molecule has 1 aromatic rings. The molecule has 1 unspecified atom stereocenters. The van der Waals surface area contributed by atoms with E-state index in [-0.39, 0.29) is 12.5 Å². The number of hydrogen-bond donors (Lipinski definition) is 2. The van der Waals surface area contributed by atoms with Crippen molar-refractivity contribution in [2.45, 2.75) is 31.8 Å². The largest absolute Gasteiger partial charge is 0.497 e. The lowest BCUT2D eigenvalue weighted by atomic mass is 10.0. The van der Waals surface area contributed by atoms with Crippen molar-refractivity contribution in [2.75, 3.05) is 13.7 Å². The normalized spacial score (nSPS) is 17.2. The molecule has 0 bridgehead atoms. The Labute approximate surface area is 113 Å². The van der Waals surface area contributed by atoms with Gasteiger partial charge >= 0.3 is 0 Å². The fraction of sp³-hybridized carbons (Fsp3) is 0.571. The third-order valence-corrected chi connectivity index (χ3v) is 3.62. The minimum absolute atomic E-state index is 0.280. The molecule has 2 N–H and O–H groups in total. The van der Waals surface area contributed by atoms with Gasteiger partial charge in [0.25, 0.3) is 5.91 Å². The lowest BCUT2D eigenvalue weighted by molar-refractivity contribution is 0.0836. The van der Waals surface area contributed by atoms with Gasteiger partial charge in [-0.2, -0.15) is 0 Å². The average molecular weight is 264 g/mol. The Hall–Kier alpha value is -1.62. The van der Waals surface area contributed by atoms with Crippen LogP contribution in [0.15, 0.2) is 18.3 Å². The molecule has 1 aliphatic carbocycles. The van der Waals surface area contributed by atoms with Crippen molar-refractivity contribution in [1.29, 1.82) is 0 Å². The smallest absolute Gasteiger partial charge is 0.270 e. The second kappa shape index (κ2) is 6.52. The molecular weight excluding hydrogens is 244 g/mol. The Morgan fingerprint density at radius 3 is 3.00 bits per heavy atom. The molecule has 1 saturated carbocycles. The van der Waals surface area contributed by atoms with Crippen LogP contribution in [-0.2, 0) is 0 Å². The summed E-state index contributed by atoms with van der Waals surface area (Å²) in [6.07, 6.45) is 5.52. The Morgan fingerprint density at radius 1 is 1.58 bits per heavy atom. The summed E-state index contributed by atoms with van der Waals surface area (Å²) in [6, 6.07) is 3.27. The molecule has 1 heterocycles. The number of pyridine rings is 1. The highest BCUT2D eigenvalue weighted by atomic mass is 16.5. The number of carbonyl (C=O) groups is 1. The summed E-state index contributed by atoms with van der Waals surface area (Å²) < 4.78 is 5.04. The lowest BCUT2D eigenvalue weighted by Crippen LogP contribution is -2.35. The van der Waals surface area contributed by atoms with Crippen LogP contribution in [0.2, 0.25) is 0 Å². The highest BCUT2D eigenvalue weighted by Crippen LogP contribution is 2.27. The zero-order chi connectivity index (χ0) is 13.7. The van der Waals surface area contributed by atoms with Gasteiger partial charge in [0.2, 0.25) is 0 Å². The first kappa shape index (κ1) is 13.8. The monoisotopic (exact) mass is 264 g/mol. The van der Waals surface area contributed by atoms with Crippen molar-refractivity contribution in [2.24, 2.45) is 5.92 Å². The third kappa shape index (κ3) is 3.67. The number of carbonyl (C=O) groups excluding carboxylic acids is 1. The fourth-order valence-electron chi connectivity index (χ4n) is 2.46. The maximum atomic E-state index is 11.9. The fourth-order valence-corrected chi connectivity index (χ4v) is 2.46. The Bertz CT molecular complexity index is 430. The molecule has 5 heteroatoms. The van der Waals surface area contributed by atoms with Crippen molar-refractivity contribution in [3.8, 4) is 5.75 Å². The van der Waals surface area contributed by atoms with Crippen LogP contribution in [0.25, 0.3) is 0 Å². The average Bonchev–Trinajstić information content (AvgIpc) is 2.98. The van der Waals surface area contributed by atoms with E-state index >= 15 is 0 Å². The van der Waals surface area contributed by atoms with Crippen molar-refractivity contribution in [1.82, 2.24) is 10.3 Å². The molecule has 1 atom stereocenters. The van der Waals surface area contributed by atoms with Gasteiger partial charge in [0.1, 0.15) is 11.4 Å². The summed E-state index contributed by atoms with van der Waals surface area (Å²) in [5.41, 5.74) is 0.304. The number of nitrogens with zero attached hydrogens (tertiary/aromatic N) is 1. The molecule has 0 radical (unpaired) electrons. The van der Waals surface area contributed by atoms with Gasteiger partial charge in [0.15, 0.2) is 0 Å². The molecule has 0 spiro atoms. The van der Waals surface area contributed by atoms with E-state index in [1.165, 1.54) is 19.0 Å². The van der Waals surface area contributed by atoms with Crippen molar-refractivity contribution >= 4 is 5.91 Å². The van der Waals surface area contributed by atoms with E-state index in [2.05, 4.69) is 10.3 Å². The standard InChI is InChI=1S/C14H20N2O3/c1-19-11-6-7-15-12(8-11)14(18)16-9-13(17)10-4-2-3-5-10/h6-8,10,13,17H,2-5,9H2,1H3,(H,16,18). The second-order valence-corrected chi connectivity index (χ2v) is 4.90. The van der Waals surface area contributed by atoms with Crippen LogP contribution < -0.4 is 10.1 Å². The molecule has 5 nitrogen and oxygen atoms in total. The first-order valence-electron chi connectivity index (χ1n) is 6.67. The molecule has 1 aliphatic rings. The molecule has 0 aromatic carbocycles. The number of nitrogens with one attached hydrogen (secondary N) is 1. The minimum Gasteiger partial charge on any atom is -0.497 e. The zero-order valence-corrected chi connectivity index (χ0v) is 11.1. The summed E-state index contributed by atoms with van der Waals surface area (Å²) in [7, 11) is 1.54. The zero-order valence-electron chi connectivity index (χ0n) is 11.1. The lowest BCUT2D eigenvalue weighted by Gasteiger charge is -2.17. The molecule has 1 amide bonds. The SMILES string of the molecule is COc1ccnc(C(=O)NCC(O)C2CCCC2)c1. The van der Waals surface area contributed by atoms with E-state index in [4.69, 9.17) is 4.74 Å². The highest BCUT2D eigenvalue weighted by molar-refractivity contribution is 5.92. The first-order valence-corrected chi connectivity index (χ1v) is 6.67. The van der Waals surface area contributed by atoms with Crippen molar-refractivity contribution < 1.29 is 14.6 Å². The summed E-state index contributed by atoms with van der Waals surface area (Å²) >= 11 is 0. The number of rotatable bonds is 5. The van der Waals surface area contributed by atoms with E-state index in [0.717, 1.165) is 12.8 Å². The maximum Gasteiger partial charge on any atom is 0.270 e. The quantitative estimate of drug-likeness (QED) is 0.842. The Balaban J connectivity index is 1.86. The second-order valence-electron chi connectivity index (χ2n) is 4.90. The maximum absolute atomic E-state index is 11.9. The summed E-state index contributed by atoms with van der Waals surface area (Å²) in [5.74, 6) is 0.631. The van der Waals surface area contributed by atoms with Gasteiger partial charge < -0.3 is 15.2 Å². The molecule has 19 heavy (non-hydrogen) atoms. The third-order valence-electron chi connectivity index (χ3n) is 3.62. The molecule has 0 saturated heterocycles. The van der Waals surface area contributed by atoms with Gasteiger partial charge in [-0.25, -0.2) is 0 Å². The molecule has 1 fully saturated rings. The number of aliphatic hydroxyl groups excluding tert-OH is 1. The van der Waals surface area contributed by atoms with E-state index in [1.54, 1.807) is 19.2 Å². The molecule has 104 valence electrons. The van der Waals surface area contributed by atoms with Crippen LogP contribution in [0.5, 0.6) is 5.75 Å². The van der Waals surface area contributed by atoms with Gasteiger partial charge in [0, 0.05) is 18.8 Å². The summed E-state index contributed by atoms with van der Waals surface area (Å²) in [4.78, 5) is 15.9. The number of amides is 1. The first-order chi connectivity index (χ1) is 9.20. The van der Waals surface area contributed by atoms with E-state index in [0.29, 0.717) is 17.4 Å². The van der Waals surface area contributed by atoms with Crippen LogP contribution in [0.4, 0.5) is 0 Å². The van der Waals surface area contributed by atoms with Gasteiger partial charge in [-0.1, -0.05) is 12.8 Å².